The minimum atomic E-state index is -0.0363. The summed E-state index contributed by atoms with van der Waals surface area (Å²) in [6, 6.07) is 0.404. The second kappa shape index (κ2) is 2.06. The summed E-state index contributed by atoms with van der Waals surface area (Å²) < 4.78 is 0. The van der Waals surface area contributed by atoms with Crippen molar-refractivity contribution in [3.63, 3.8) is 0 Å². The van der Waals surface area contributed by atoms with Crippen LogP contribution in [0.5, 0.6) is 0 Å². The first kappa shape index (κ1) is 6.68. The lowest BCUT2D eigenvalue weighted by Gasteiger charge is -1.97. The first-order valence-electron chi connectivity index (χ1n) is 2.81. The van der Waals surface area contributed by atoms with Gasteiger partial charge < -0.3 is 4.90 Å². The van der Waals surface area contributed by atoms with Gasteiger partial charge in [-0.1, -0.05) is 6.58 Å². The van der Waals surface area contributed by atoms with Gasteiger partial charge in [0.1, 0.15) is 0 Å². The zero-order valence-electron chi connectivity index (χ0n) is 5.29. The Hall–Kier alpha value is -0.440. The Morgan fingerprint density at radius 2 is 2.33 bits per heavy atom. The fraction of sp³-hybridized carbons (Fsp3) is 0.500. The highest BCUT2D eigenvalue weighted by Gasteiger charge is 2.34. The highest BCUT2D eigenvalue weighted by molar-refractivity contribution is 7.85. The molecule has 1 aliphatic rings. The van der Waals surface area contributed by atoms with Crippen LogP contribution in [-0.4, -0.2) is 23.4 Å². The predicted molar refractivity (Wildman–Crippen MR) is 39.3 cm³/mol. The molecule has 1 atom stereocenters. The molecule has 0 radical (unpaired) electrons. The molecule has 1 saturated heterocycles. The molecule has 0 aromatic heterocycles. The summed E-state index contributed by atoms with van der Waals surface area (Å²) in [7, 11) is 0. The third kappa shape index (κ3) is 1.27. The number of hydrogen-bond donors (Lipinski definition) is 1. The standard InChI is InChI=1S/C6H9NOS/c1-4-3-7(4)6(8)5(2)9/h4,9H,2-3H2,1H3. The Bertz CT molecular complexity index is 166. The van der Waals surface area contributed by atoms with E-state index in [1.807, 2.05) is 6.92 Å². The number of carbonyl (C=O) groups is 1. The number of hydrogen-bond acceptors (Lipinski definition) is 2. The third-order valence-corrected chi connectivity index (χ3v) is 1.56. The molecule has 0 saturated carbocycles. The van der Waals surface area contributed by atoms with Crippen molar-refractivity contribution in [2.24, 2.45) is 0 Å². The molecule has 1 fully saturated rings. The van der Waals surface area contributed by atoms with Crippen molar-refractivity contribution in [2.45, 2.75) is 13.0 Å². The lowest BCUT2D eigenvalue weighted by atomic mass is 10.5. The lowest BCUT2D eigenvalue weighted by Crippen LogP contribution is -2.11. The molecule has 0 aliphatic carbocycles. The molecule has 9 heavy (non-hydrogen) atoms. The summed E-state index contributed by atoms with van der Waals surface area (Å²) in [6.45, 7) is 6.28. The number of thiol groups is 1. The fourth-order valence-corrected chi connectivity index (χ4v) is 0.815. The van der Waals surface area contributed by atoms with Crippen LogP contribution in [0.25, 0.3) is 0 Å². The van der Waals surface area contributed by atoms with Crippen LogP contribution < -0.4 is 0 Å². The molecule has 0 bridgehead atoms. The van der Waals surface area contributed by atoms with Crippen LogP contribution in [-0.2, 0) is 4.79 Å². The Morgan fingerprint density at radius 3 is 2.44 bits per heavy atom. The van der Waals surface area contributed by atoms with E-state index in [1.165, 1.54) is 0 Å². The van der Waals surface area contributed by atoms with E-state index >= 15 is 0 Å². The van der Waals surface area contributed by atoms with Gasteiger partial charge in [-0.25, -0.2) is 0 Å². The van der Waals surface area contributed by atoms with Crippen LogP contribution in [0.3, 0.4) is 0 Å². The number of rotatable bonds is 1. The van der Waals surface area contributed by atoms with Crippen molar-refractivity contribution in [1.82, 2.24) is 4.90 Å². The maximum Gasteiger partial charge on any atom is 0.259 e. The molecular formula is C6H9NOS. The quantitative estimate of drug-likeness (QED) is 0.325. The van der Waals surface area contributed by atoms with Crippen molar-refractivity contribution in [1.29, 1.82) is 0 Å². The first-order valence-corrected chi connectivity index (χ1v) is 3.26. The second-order valence-electron chi connectivity index (χ2n) is 2.25. The summed E-state index contributed by atoms with van der Waals surface area (Å²) in [6.07, 6.45) is 0. The summed E-state index contributed by atoms with van der Waals surface area (Å²) >= 11 is 3.83. The lowest BCUT2D eigenvalue weighted by molar-refractivity contribution is -0.121. The zero-order valence-corrected chi connectivity index (χ0v) is 6.19. The summed E-state index contributed by atoms with van der Waals surface area (Å²) in [4.78, 5) is 12.9. The average Bonchev–Trinajstić information content (AvgIpc) is 2.44. The topological polar surface area (TPSA) is 20.1 Å². The molecule has 1 heterocycles. The van der Waals surface area contributed by atoms with Crippen LogP contribution >= 0.6 is 12.6 Å². The average molecular weight is 143 g/mol. The molecular weight excluding hydrogens is 134 g/mol. The molecule has 1 amide bonds. The van der Waals surface area contributed by atoms with Crippen molar-refractivity contribution < 1.29 is 4.79 Å². The normalized spacial score (nSPS) is 23.8. The van der Waals surface area contributed by atoms with Crippen LogP contribution in [0, 0.1) is 0 Å². The van der Waals surface area contributed by atoms with Gasteiger partial charge >= 0.3 is 0 Å². The molecule has 2 nitrogen and oxygen atoms in total. The van der Waals surface area contributed by atoms with Crippen LogP contribution in [0.2, 0.25) is 0 Å². The Labute approximate surface area is 59.9 Å². The number of carbonyl (C=O) groups excluding carboxylic acids is 1. The SMILES string of the molecule is C=C(S)C(=O)N1CC1C. The molecule has 1 aliphatic heterocycles. The molecule has 0 aromatic rings. The summed E-state index contributed by atoms with van der Waals surface area (Å²) in [5, 5.41) is 0. The third-order valence-electron chi connectivity index (χ3n) is 1.37. The smallest absolute Gasteiger partial charge is 0.259 e. The van der Waals surface area contributed by atoms with Crippen molar-refractivity contribution in [3.05, 3.63) is 11.5 Å². The van der Waals surface area contributed by atoms with E-state index in [0.717, 1.165) is 6.54 Å². The summed E-state index contributed by atoms with van der Waals surface area (Å²) in [5.41, 5.74) is 0. The minimum Gasteiger partial charge on any atom is -0.332 e. The highest BCUT2D eigenvalue weighted by atomic mass is 32.1. The van der Waals surface area contributed by atoms with Gasteiger partial charge in [-0.2, -0.15) is 0 Å². The van der Waals surface area contributed by atoms with Crippen molar-refractivity contribution in [3.8, 4) is 0 Å². The van der Waals surface area contributed by atoms with Crippen LogP contribution in [0.15, 0.2) is 11.5 Å². The number of amides is 1. The molecule has 0 spiro atoms. The maximum atomic E-state index is 10.9. The van der Waals surface area contributed by atoms with Gasteiger partial charge in [-0.15, -0.1) is 12.6 Å². The fourth-order valence-electron chi connectivity index (χ4n) is 0.686. The monoisotopic (exact) mass is 143 g/mol. The minimum absolute atomic E-state index is 0.0363. The Balaban J connectivity index is 2.46. The van der Waals surface area contributed by atoms with Gasteiger partial charge in [0, 0.05) is 12.6 Å². The molecule has 3 heteroatoms. The van der Waals surface area contributed by atoms with Gasteiger partial charge in [-0.3, -0.25) is 4.79 Å². The van der Waals surface area contributed by atoms with Crippen LogP contribution in [0.1, 0.15) is 6.92 Å². The second-order valence-corrected chi connectivity index (χ2v) is 2.79. The zero-order chi connectivity index (χ0) is 7.02. The van der Waals surface area contributed by atoms with Gasteiger partial charge in [0.2, 0.25) is 0 Å². The van der Waals surface area contributed by atoms with Crippen molar-refractivity contribution in [2.75, 3.05) is 6.54 Å². The van der Waals surface area contributed by atoms with E-state index in [9.17, 15) is 4.79 Å². The van der Waals surface area contributed by atoms with E-state index in [1.54, 1.807) is 4.90 Å². The number of nitrogens with zero attached hydrogens (tertiary/aromatic N) is 1. The Morgan fingerprint density at radius 1 is 1.89 bits per heavy atom. The van der Waals surface area contributed by atoms with E-state index in [-0.39, 0.29) is 5.91 Å². The van der Waals surface area contributed by atoms with Gasteiger partial charge in [0.25, 0.3) is 5.91 Å². The molecule has 0 aromatic carbocycles. The maximum absolute atomic E-state index is 10.9. The van der Waals surface area contributed by atoms with E-state index in [0.29, 0.717) is 10.9 Å². The predicted octanol–water partition coefficient (Wildman–Crippen LogP) is 0.661. The van der Waals surface area contributed by atoms with Gasteiger partial charge in [0.15, 0.2) is 0 Å². The Kier molecular flexibility index (Phi) is 1.53. The van der Waals surface area contributed by atoms with Gasteiger partial charge in [0.05, 0.1) is 4.91 Å². The molecule has 0 N–H and O–H groups in total. The van der Waals surface area contributed by atoms with E-state index in [2.05, 4.69) is 19.2 Å². The molecule has 1 unspecified atom stereocenters. The largest absolute Gasteiger partial charge is 0.332 e. The van der Waals surface area contributed by atoms with Gasteiger partial charge in [-0.05, 0) is 6.92 Å². The first-order chi connectivity index (χ1) is 4.13. The van der Waals surface area contributed by atoms with E-state index in [4.69, 9.17) is 0 Å². The van der Waals surface area contributed by atoms with Crippen LogP contribution in [0.4, 0.5) is 0 Å². The molecule has 1 rings (SSSR count). The highest BCUT2D eigenvalue weighted by Crippen LogP contribution is 2.19. The molecule has 50 valence electrons. The van der Waals surface area contributed by atoms with Crippen molar-refractivity contribution >= 4 is 18.5 Å². The van der Waals surface area contributed by atoms with E-state index < -0.39 is 0 Å². The summed E-state index contributed by atoms with van der Waals surface area (Å²) in [5.74, 6) is -0.0363.